The van der Waals surface area contributed by atoms with Gasteiger partial charge in [0.15, 0.2) is 5.82 Å². The molecule has 2 heterocycles. The Balaban J connectivity index is 2.65. The van der Waals surface area contributed by atoms with E-state index in [4.69, 9.17) is 18.1 Å². The number of H-pyrrole nitrogens is 1. The lowest BCUT2D eigenvalue weighted by molar-refractivity contribution is 0.756. The summed E-state index contributed by atoms with van der Waals surface area (Å²) in [6, 6.07) is 0. The van der Waals surface area contributed by atoms with Gasteiger partial charge in [-0.3, -0.25) is 4.68 Å². The first-order valence-corrected chi connectivity index (χ1v) is 4.43. The second-order valence-corrected chi connectivity index (χ2v) is 3.41. The highest BCUT2D eigenvalue weighted by Crippen LogP contribution is 2.18. The molecule has 0 unspecified atom stereocenters. The first-order valence-electron chi connectivity index (χ1n) is 4.02. The van der Waals surface area contributed by atoms with Gasteiger partial charge in [-0.25, -0.2) is 9.77 Å². The molecular weight excluding hydrogens is 200 g/mol. The van der Waals surface area contributed by atoms with Crippen molar-refractivity contribution in [1.29, 1.82) is 0 Å². The summed E-state index contributed by atoms with van der Waals surface area (Å²) in [5.41, 5.74) is 1.75. The van der Waals surface area contributed by atoms with Crippen LogP contribution in [-0.2, 0) is 7.05 Å². The van der Waals surface area contributed by atoms with Gasteiger partial charge in [0, 0.05) is 13.2 Å². The number of nitrogens with one attached hydrogen (secondary N) is 1. The Bertz CT molecular complexity index is 519. The number of nitrogen functional groups attached to an aromatic ring is 1. The van der Waals surface area contributed by atoms with Gasteiger partial charge in [0.2, 0.25) is 4.77 Å². The van der Waals surface area contributed by atoms with Crippen LogP contribution in [0, 0.1) is 11.7 Å². The third kappa shape index (κ3) is 1.22. The Labute approximate surface area is 85.3 Å². The maximum Gasteiger partial charge on any atom is 0.214 e. The van der Waals surface area contributed by atoms with Crippen LogP contribution >= 0.6 is 12.2 Å². The molecular formula is C7H10N6S. The monoisotopic (exact) mass is 210 g/mol. The Kier molecular flexibility index (Phi) is 1.88. The summed E-state index contributed by atoms with van der Waals surface area (Å²) in [5.74, 6) is 6.29. The van der Waals surface area contributed by atoms with Crippen LogP contribution in [0.25, 0.3) is 11.4 Å². The molecule has 0 bridgehead atoms. The summed E-state index contributed by atoms with van der Waals surface area (Å²) in [6.07, 6.45) is 1.85. The molecule has 14 heavy (non-hydrogen) atoms. The van der Waals surface area contributed by atoms with Crippen LogP contribution in [-0.4, -0.2) is 24.7 Å². The van der Waals surface area contributed by atoms with E-state index in [1.54, 1.807) is 4.68 Å². The van der Waals surface area contributed by atoms with Gasteiger partial charge in [-0.05, 0) is 19.1 Å². The minimum atomic E-state index is 0.392. The summed E-state index contributed by atoms with van der Waals surface area (Å²) < 4.78 is 3.44. The summed E-state index contributed by atoms with van der Waals surface area (Å²) >= 11 is 4.92. The highest BCUT2D eigenvalue weighted by Gasteiger charge is 2.11. The smallest absolute Gasteiger partial charge is 0.214 e. The van der Waals surface area contributed by atoms with E-state index >= 15 is 0 Å². The molecule has 6 nitrogen and oxygen atoms in total. The SMILES string of the molecule is Cc1nn(C)cc1-c1n[nH]c(=S)n1N. The molecule has 0 fully saturated rings. The van der Waals surface area contributed by atoms with Crippen molar-refractivity contribution < 1.29 is 0 Å². The molecule has 3 N–H and O–H groups in total. The zero-order valence-electron chi connectivity index (χ0n) is 7.85. The lowest BCUT2D eigenvalue weighted by Crippen LogP contribution is -2.10. The Morgan fingerprint density at radius 1 is 1.57 bits per heavy atom. The molecule has 0 spiro atoms. The molecule has 0 aliphatic carbocycles. The maximum atomic E-state index is 5.69. The van der Waals surface area contributed by atoms with E-state index in [0.717, 1.165) is 11.3 Å². The van der Waals surface area contributed by atoms with Crippen molar-refractivity contribution in [2.75, 3.05) is 5.84 Å². The number of aromatic nitrogens is 5. The standard InChI is InChI=1S/C7H10N6S/c1-4-5(3-12(2)11-4)6-9-10-7(14)13(6)8/h3H,8H2,1-2H3,(H,10,14). The molecule has 0 aromatic carbocycles. The molecule has 74 valence electrons. The number of hydrogen-bond acceptors (Lipinski definition) is 4. The van der Waals surface area contributed by atoms with Gasteiger partial charge < -0.3 is 5.84 Å². The molecule has 0 saturated heterocycles. The number of nitrogens with zero attached hydrogens (tertiary/aromatic N) is 4. The lowest BCUT2D eigenvalue weighted by atomic mass is 10.2. The van der Waals surface area contributed by atoms with Gasteiger partial charge in [-0.1, -0.05) is 0 Å². The Hall–Kier alpha value is -1.63. The molecule has 2 aromatic heterocycles. The van der Waals surface area contributed by atoms with E-state index in [1.807, 2.05) is 20.2 Å². The van der Waals surface area contributed by atoms with Gasteiger partial charge in [-0.15, -0.1) is 0 Å². The average molecular weight is 210 g/mol. The number of rotatable bonds is 1. The Morgan fingerprint density at radius 2 is 2.29 bits per heavy atom. The number of aryl methyl sites for hydroxylation is 2. The first kappa shape index (κ1) is 8.95. The fourth-order valence-corrected chi connectivity index (χ4v) is 1.45. The molecule has 0 aliphatic rings. The van der Waals surface area contributed by atoms with Crippen LogP contribution < -0.4 is 5.84 Å². The fraction of sp³-hybridized carbons (Fsp3) is 0.286. The summed E-state index contributed by atoms with van der Waals surface area (Å²) in [7, 11) is 1.85. The molecule has 0 radical (unpaired) electrons. The summed E-state index contributed by atoms with van der Waals surface area (Å²) in [4.78, 5) is 0. The van der Waals surface area contributed by atoms with Crippen molar-refractivity contribution in [2.24, 2.45) is 7.05 Å². The van der Waals surface area contributed by atoms with Crippen molar-refractivity contribution in [3.63, 3.8) is 0 Å². The van der Waals surface area contributed by atoms with Crippen molar-refractivity contribution in [3.8, 4) is 11.4 Å². The maximum absolute atomic E-state index is 5.69. The summed E-state index contributed by atoms with van der Waals surface area (Å²) in [6.45, 7) is 1.90. The van der Waals surface area contributed by atoms with E-state index in [9.17, 15) is 0 Å². The molecule has 7 heteroatoms. The van der Waals surface area contributed by atoms with E-state index in [2.05, 4.69) is 15.3 Å². The first-order chi connectivity index (χ1) is 6.59. The van der Waals surface area contributed by atoms with E-state index in [1.165, 1.54) is 4.68 Å². The predicted octanol–water partition coefficient (Wildman–Crippen LogP) is 0.363. The van der Waals surface area contributed by atoms with E-state index < -0.39 is 0 Å². The second-order valence-electron chi connectivity index (χ2n) is 3.02. The molecule has 0 saturated carbocycles. The minimum absolute atomic E-state index is 0.392. The topological polar surface area (TPSA) is 77.5 Å². The van der Waals surface area contributed by atoms with Crippen LogP contribution in [0.3, 0.4) is 0 Å². The average Bonchev–Trinajstić information content (AvgIpc) is 2.59. The predicted molar refractivity (Wildman–Crippen MR) is 54.5 cm³/mol. The van der Waals surface area contributed by atoms with E-state index in [0.29, 0.717) is 10.6 Å². The zero-order valence-corrected chi connectivity index (χ0v) is 8.67. The molecule has 0 amide bonds. The van der Waals surface area contributed by atoms with Gasteiger partial charge >= 0.3 is 0 Å². The number of nitrogens with two attached hydrogens (primary N) is 1. The third-order valence-corrected chi connectivity index (χ3v) is 2.25. The zero-order chi connectivity index (χ0) is 10.3. The van der Waals surface area contributed by atoms with Gasteiger partial charge in [0.05, 0.1) is 11.3 Å². The van der Waals surface area contributed by atoms with Gasteiger partial charge in [0.25, 0.3) is 0 Å². The highest BCUT2D eigenvalue weighted by molar-refractivity contribution is 7.71. The van der Waals surface area contributed by atoms with Crippen LogP contribution in [0.15, 0.2) is 6.20 Å². The van der Waals surface area contributed by atoms with Crippen molar-refractivity contribution in [2.45, 2.75) is 6.92 Å². The van der Waals surface area contributed by atoms with Crippen molar-refractivity contribution in [3.05, 3.63) is 16.7 Å². The van der Waals surface area contributed by atoms with Crippen molar-refractivity contribution in [1.82, 2.24) is 24.7 Å². The van der Waals surface area contributed by atoms with Gasteiger partial charge in [-0.2, -0.15) is 10.2 Å². The lowest BCUT2D eigenvalue weighted by Gasteiger charge is -1.96. The Morgan fingerprint density at radius 3 is 2.71 bits per heavy atom. The van der Waals surface area contributed by atoms with Crippen LogP contribution in [0.5, 0.6) is 0 Å². The molecule has 2 aromatic rings. The second kappa shape index (κ2) is 2.95. The third-order valence-electron chi connectivity index (χ3n) is 1.96. The highest BCUT2D eigenvalue weighted by atomic mass is 32.1. The van der Waals surface area contributed by atoms with Crippen LogP contribution in [0.4, 0.5) is 0 Å². The normalized spacial score (nSPS) is 10.7. The quantitative estimate of drug-likeness (QED) is 0.526. The molecule has 2 rings (SSSR count). The molecule has 0 atom stereocenters. The number of hydrogen-bond donors (Lipinski definition) is 2. The summed E-state index contributed by atoms with van der Waals surface area (Å²) in [5, 5.41) is 10.9. The van der Waals surface area contributed by atoms with E-state index in [-0.39, 0.29) is 0 Å². The minimum Gasteiger partial charge on any atom is -0.335 e. The largest absolute Gasteiger partial charge is 0.335 e. The van der Waals surface area contributed by atoms with Crippen molar-refractivity contribution >= 4 is 12.2 Å². The van der Waals surface area contributed by atoms with Crippen LogP contribution in [0.1, 0.15) is 5.69 Å². The van der Waals surface area contributed by atoms with Crippen LogP contribution in [0.2, 0.25) is 0 Å². The molecule has 0 aliphatic heterocycles. The fourth-order valence-electron chi connectivity index (χ4n) is 1.31. The van der Waals surface area contributed by atoms with Gasteiger partial charge in [0.1, 0.15) is 0 Å². The number of aromatic amines is 1.